The number of carbonyl (C=O) groups excluding carboxylic acids is 1. The van der Waals surface area contributed by atoms with Gasteiger partial charge in [-0.3, -0.25) is 9.48 Å². The van der Waals surface area contributed by atoms with Crippen LogP contribution >= 0.6 is 0 Å². The molecular weight excluding hydrogens is 350 g/mol. The molecule has 1 atom stereocenters. The molecule has 1 aromatic carbocycles. The van der Waals surface area contributed by atoms with E-state index in [0.29, 0.717) is 31.2 Å². The van der Waals surface area contributed by atoms with Gasteiger partial charge in [-0.2, -0.15) is 5.10 Å². The second-order valence-electron chi connectivity index (χ2n) is 6.38. The van der Waals surface area contributed by atoms with Crippen LogP contribution in [0, 0.1) is 0 Å². The molecule has 5 rings (SSSR count). The summed E-state index contributed by atoms with van der Waals surface area (Å²) in [5.74, 6) is 1.91. The number of nitrogens with zero attached hydrogens (tertiary/aromatic N) is 2. The highest BCUT2D eigenvalue weighted by atomic mass is 16.7. The summed E-state index contributed by atoms with van der Waals surface area (Å²) >= 11 is 0. The first kappa shape index (κ1) is 16.0. The van der Waals surface area contributed by atoms with Crippen molar-refractivity contribution in [3.8, 4) is 11.5 Å². The number of aromatic nitrogens is 2. The lowest BCUT2D eigenvalue weighted by Crippen LogP contribution is -2.24. The van der Waals surface area contributed by atoms with Gasteiger partial charge in [0.1, 0.15) is 11.9 Å². The lowest BCUT2D eigenvalue weighted by molar-refractivity contribution is -0.00128. The molecule has 2 aliphatic heterocycles. The second kappa shape index (κ2) is 6.48. The van der Waals surface area contributed by atoms with Crippen LogP contribution in [0.3, 0.4) is 0 Å². The van der Waals surface area contributed by atoms with Crippen molar-refractivity contribution >= 4 is 5.91 Å². The molecular formula is C19H17N3O5. The summed E-state index contributed by atoms with van der Waals surface area (Å²) in [5.41, 5.74) is 2.23. The number of ether oxygens (including phenoxy) is 3. The van der Waals surface area contributed by atoms with Crippen molar-refractivity contribution in [3.63, 3.8) is 0 Å². The molecule has 1 N–H and O–H groups in total. The Morgan fingerprint density at radius 1 is 1.22 bits per heavy atom. The number of carbonyl (C=O) groups is 1. The number of rotatable bonds is 4. The van der Waals surface area contributed by atoms with Crippen molar-refractivity contribution in [3.05, 3.63) is 65.4 Å². The highest BCUT2D eigenvalue weighted by Gasteiger charge is 2.25. The molecule has 0 fully saturated rings. The normalized spacial score (nSPS) is 17.6. The molecule has 2 aromatic heterocycles. The van der Waals surface area contributed by atoms with Crippen LogP contribution in [0.15, 0.2) is 47.1 Å². The van der Waals surface area contributed by atoms with E-state index in [0.717, 1.165) is 22.8 Å². The first-order valence-corrected chi connectivity index (χ1v) is 8.65. The molecule has 0 saturated heterocycles. The third kappa shape index (κ3) is 3.04. The van der Waals surface area contributed by atoms with Gasteiger partial charge in [-0.05, 0) is 35.9 Å². The average Bonchev–Trinajstić information content (AvgIpc) is 3.45. The summed E-state index contributed by atoms with van der Waals surface area (Å²) in [6.45, 7) is 1.48. The fourth-order valence-corrected chi connectivity index (χ4v) is 3.22. The minimum absolute atomic E-state index is 0.161. The first-order chi connectivity index (χ1) is 13.3. The van der Waals surface area contributed by atoms with Crippen LogP contribution in [0.5, 0.6) is 11.5 Å². The third-order valence-electron chi connectivity index (χ3n) is 4.64. The van der Waals surface area contributed by atoms with Crippen LogP contribution < -0.4 is 14.8 Å². The molecule has 0 unspecified atom stereocenters. The number of amides is 1. The van der Waals surface area contributed by atoms with Gasteiger partial charge in [-0.1, -0.05) is 6.07 Å². The molecule has 3 aromatic rings. The second-order valence-corrected chi connectivity index (χ2v) is 6.38. The van der Waals surface area contributed by atoms with Crippen LogP contribution in [-0.2, 0) is 24.4 Å². The number of hydrogen-bond donors (Lipinski definition) is 1. The summed E-state index contributed by atoms with van der Waals surface area (Å²) in [5, 5.41) is 7.24. The molecule has 4 heterocycles. The highest BCUT2D eigenvalue weighted by Crippen LogP contribution is 2.36. The van der Waals surface area contributed by atoms with E-state index in [2.05, 4.69) is 10.4 Å². The Kier molecular flexibility index (Phi) is 3.83. The van der Waals surface area contributed by atoms with E-state index in [9.17, 15) is 4.79 Å². The van der Waals surface area contributed by atoms with Gasteiger partial charge in [0.2, 0.25) is 6.79 Å². The minimum atomic E-state index is -0.243. The van der Waals surface area contributed by atoms with Gasteiger partial charge in [-0.15, -0.1) is 0 Å². The largest absolute Gasteiger partial charge is 0.467 e. The Balaban J connectivity index is 1.29. The van der Waals surface area contributed by atoms with Crippen LogP contribution in [-0.4, -0.2) is 22.5 Å². The Bertz CT molecular complexity index is 979. The summed E-state index contributed by atoms with van der Waals surface area (Å²) < 4.78 is 23.8. The van der Waals surface area contributed by atoms with Gasteiger partial charge >= 0.3 is 0 Å². The van der Waals surface area contributed by atoms with Gasteiger partial charge in [0, 0.05) is 0 Å². The maximum absolute atomic E-state index is 12.3. The zero-order valence-corrected chi connectivity index (χ0v) is 14.4. The van der Waals surface area contributed by atoms with Crippen molar-refractivity contribution in [2.75, 3.05) is 6.79 Å². The molecule has 27 heavy (non-hydrogen) atoms. The quantitative estimate of drug-likeness (QED) is 0.762. The lowest BCUT2D eigenvalue weighted by atomic mass is 10.1. The molecule has 1 amide bonds. The predicted molar refractivity (Wildman–Crippen MR) is 92.2 cm³/mol. The number of fused-ring (bicyclic) bond motifs is 2. The van der Waals surface area contributed by atoms with Crippen LogP contribution in [0.25, 0.3) is 0 Å². The van der Waals surface area contributed by atoms with Gasteiger partial charge in [0.05, 0.1) is 31.7 Å². The van der Waals surface area contributed by atoms with E-state index >= 15 is 0 Å². The molecule has 0 saturated carbocycles. The molecule has 0 spiro atoms. The molecule has 8 heteroatoms. The third-order valence-corrected chi connectivity index (χ3v) is 4.64. The standard InChI is InChI=1S/C19H17N3O5/c23-19(20-8-14-2-1-5-24-14)15-7-13-10-25-18(9-22(13)21-15)12-3-4-16-17(6-12)27-11-26-16/h1-7,18H,8-11H2,(H,20,23)/t18-/m0/s1. The van der Waals surface area contributed by atoms with Gasteiger partial charge in [0.15, 0.2) is 17.2 Å². The van der Waals surface area contributed by atoms with Crippen molar-refractivity contribution in [2.24, 2.45) is 0 Å². The lowest BCUT2D eigenvalue weighted by Gasteiger charge is -2.24. The molecule has 2 aliphatic rings. The summed E-state index contributed by atoms with van der Waals surface area (Å²) in [4.78, 5) is 12.3. The molecule has 8 nitrogen and oxygen atoms in total. The number of furan rings is 1. The number of benzene rings is 1. The Labute approximate surface area is 154 Å². The zero-order valence-electron chi connectivity index (χ0n) is 14.4. The van der Waals surface area contributed by atoms with Gasteiger partial charge < -0.3 is 23.9 Å². The Morgan fingerprint density at radius 2 is 2.15 bits per heavy atom. The van der Waals surface area contributed by atoms with Crippen molar-refractivity contribution in [2.45, 2.75) is 25.8 Å². The van der Waals surface area contributed by atoms with E-state index in [1.165, 1.54) is 0 Å². The van der Waals surface area contributed by atoms with E-state index in [4.69, 9.17) is 18.6 Å². The van der Waals surface area contributed by atoms with Crippen molar-refractivity contribution < 1.29 is 23.4 Å². The van der Waals surface area contributed by atoms with E-state index in [1.807, 2.05) is 28.9 Å². The fourth-order valence-electron chi connectivity index (χ4n) is 3.22. The first-order valence-electron chi connectivity index (χ1n) is 8.65. The highest BCUT2D eigenvalue weighted by molar-refractivity contribution is 5.92. The van der Waals surface area contributed by atoms with Gasteiger partial charge in [-0.25, -0.2) is 0 Å². The minimum Gasteiger partial charge on any atom is -0.467 e. The van der Waals surface area contributed by atoms with E-state index in [1.54, 1.807) is 18.4 Å². The van der Waals surface area contributed by atoms with Crippen LogP contribution in [0.2, 0.25) is 0 Å². The zero-order chi connectivity index (χ0) is 18.2. The van der Waals surface area contributed by atoms with E-state index in [-0.39, 0.29) is 18.8 Å². The maximum atomic E-state index is 12.3. The number of nitrogens with one attached hydrogen (secondary N) is 1. The molecule has 0 bridgehead atoms. The predicted octanol–water partition coefficient (Wildman–Crippen LogP) is 2.41. The SMILES string of the molecule is O=C(NCc1ccco1)c1cc2n(n1)C[C@@H](c1ccc3c(c1)OCO3)OC2. The average molecular weight is 367 g/mol. The molecule has 0 radical (unpaired) electrons. The fraction of sp³-hybridized carbons (Fsp3) is 0.263. The molecule has 138 valence electrons. The van der Waals surface area contributed by atoms with Gasteiger partial charge in [0.25, 0.3) is 5.91 Å². The summed E-state index contributed by atoms with van der Waals surface area (Å²) in [6, 6.07) is 11.1. The Morgan fingerprint density at radius 3 is 3.04 bits per heavy atom. The van der Waals surface area contributed by atoms with Crippen molar-refractivity contribution in [1.29, 1.82) is 0 Å². The molecule has 0 aliphatic carbocycles. The summed E-state index contributed by atoms with van der Waals surface area (Å²) in [7, 11) is 0. The monoisotopic (exact) mass is 367 g/mol. The van der Waals surface area contributed by atoms with Crippen molar-refractivity contribution in [1.82, 2.24) is 15.1 Å². The smallest absolute Gasteiger partial charge is 0.272 e. The van der Waals surface area contributed by atoms with Crippen LogP contribution in [0.4, 0.5) is 0 Å². The maximum Gasteiger partial charge on any atom is 0.272 e. The summed E-state index contributed by atoms with van der Waals surface area (Å²) in [6.07, 6.45) is 1.41. The number of hydrogen-bond acceptors (Lipinski definition) is 6. The Hall–Kier alpha value is -3.26. The topological polar surface area (TPSA) is 87.8 Å². The van der Waals surface area contributed by atoms with E-state index < -0.39 is 0 Å². The van der Waals surface area contributed by atoms with Crippen LogP contribution in [0.1, 0.15) is 33.6 Å².